The van der Waals surface area contributed by atoms with E-state index >= 15 is 0 Å². The summed E-state index contributed by atoms with van der Waals surface area (Å²) in [6.45, 7) is 3.07. The SMILES string of the molecule is Clc1ccc(-c2nc(C=NNN3CCOCC3)c3ccccn23)cc1. The Labute approximate surface area is 150 Å². The van der Waals surface area contributed by atoms with E-state index in [9.17, 15) is 0 Å². The predicted molar refractivity (Wildman–Crippen MR) is 98.8 cm³/mol. The van der Waals surface area contributed by atoms with Crippen LogP contribution in [0.2, 0.25) is 5.02 Å². The van der Waals surface area contributed by atoms with E-state index in [1.807, 2.05) is 53.7 Å². The topological polar surface area (TPSA) is 54.2 Å². The van der Waals surface area contributed by atoms with Gasteiger partial charge in [0, 0.05) is 29.9 Å². The maximum absolute atomic E-state index is 5.99. The summed E-state index contributed by atoms with van der Waals surface area (Å²) in [5, 5.41) is 7.07. The number of hydrazone groups is 1. The number of morpholine rings is 1. The van der Waals surface area contributed by atoms with Crippen molar-refractivity contribution >= 4 is 23.3 Å². The van der Waals surface area contributed by atoms with E-state index in [4.69, 9.17) is 21.3 Å². The quantitative estimate of drug-likeness (QED) is 0.577. The summed E-state index contributed by atoms with van der Waals surface area (Å²) in [5.74, 6) is 0.861. The van der Waals surface area contributed by atoms with E-state index in [2.05, 4.69) is 15.0 Å². The number of ether oxygens (including phenoxy) is 1. The standard InChI is InChI=1S/C18H18ClN5O/c19-15-6-4-14(5-7-15)18-21-16(17-3-1-2-8-24(17)18)13-20-22-23-9-11-25-12-10-23/h1-8,13,22H,9-12H2. The first-order valence-corrected chi connectivity index (χ1v) is 8.53. The van der Waals surface area contributed by atoms with Crippen LogP contribution < -0.4 is 5.53 Å². The summed E-state index contributed by atoms with van der Waals surface area (Å²) in [7, 11) is 0. The third-order valence-corrected chi connectivity index (χ3v) is 4.33. The molecule has 0 atom stereocenters. The summed E-state index contributed by atoms with van der Waals surface area (Å²) >= 11 is 5.99. The molecule has 1 N–H and O–H groups in total. The van der Waals surface area contributed by atoms with Crippen LogP contribution in [-0.4, -0.2) is 46.9 Å². The lowest BCUT2D eigenvalue weighted by atomic mass is 10.2. The van der Waals surface area contributed by atoms with Crippen LogP contribution in [0.3, 0.4) is 0 Å². The molecule has 1 aliphatic heterocycles. The number of benzene rings is 1. The largest absolute Gasteiger partial charge is 0.379 e. The van der Waals surface area contributed by atoms with Gasteiger partial charge >= 0.3 is 0 Å². The van der Waals surface area contributed by atoms with Crippen LogP contribution in [-0.2, 0) is 4.74 Å². The first-order chi connectivity index (χ1) is 12.3. The Morgan fingerprint density at radius 1 is 1.12 bits per heavy atom. The second-order valence-electron chi connectivity index (χ2n) is 5.74. The first-order valence-electron chi connectivity index (χ1n) is 8.16. The summed E-state index contributed by atoms with van der Waals surface area (Å²) in [4.78, 5) is 4.76. The molecule has 0 amide bonds. The highest BCUT2D eigenvalue weighted by Crippen LogP contribution is 2.23. The van der Waals surface area contributed by atoms with Crippen molar-refractivity contribution < 1.29 is 4.74 Å². The van der Waals surface area contributed by atoms with Gasteiger partial charge in [0.1, 0.15) is 11.5 Å². The Bertz CT molecular complexity index is 884. The van der Waals surface area contributed by atoms with Crippen LogP contribution in [0.1, 0.15) is 5.69 Å². The Morgan fingerprint density at radius 2 is 1.92 bits per heavy atom. The van der Waals surface area contributed by atoms with E-state index in [1.165, 1.54) is 0 Å². The van der Waals surface area contributed by atoms with Crippen LogP contribution in [0.25, 0.3) is 16.9 Å². The number of hydrogen-bond donors (Lipinski definition) is 1. The molecule has 1 aliphatic rings. The van der Waals surface area contributed by atoms with Crippen molar-refractivity contribution in [3.63, 3.8) is 0 Å². The second kappa shape index (κ2) is 7.23. The Hall–Kier alpha value is -2.41. The molecule has 128 valence electrons. The van der Waals surface area contributed by atoms with Gasteiger partial charge in [-0.25, -0.2) is 15.5 Å². The van der Waals surface area contributed by atoms with Gasteiger partial charge < -0.3 is 4.74 Å². The summed E-state index contributed by atoms with van der Waals surface area (Å²) in [5.41, 5.74) is 5.86. The molecule has 0 spiro atoms. The van der Waals surface area contributed by atoms with Gasteiger partial charge in [-0.1, -0.05) is 17.7 Å². The Morgan fingerprint density at radius 3 is 2.72 bits per heavy atom. The fraction of sp³-hybridized carbons (Fsp3) is 0.222. The minimum absolute atomic E-state index is 0.709. The highest BCUT2D eigenvalue weighted by molar-refractivity contribution is 6.30. The lowest BCUT2D eigenvalue weighted by Crippen LogP contribution is -2.43. The average Bonchev–Trinajstić information content (AvgIpc) is 3.02. The monoisotopic (exact) mass is 355 g/mol. The van der Waals surface area contributed by atoms with Crippen molar-refractivity contribution in [2.45, 2.75) is 0 Å². The van der Waals surface area contributed by atoms with Gasteiger partial charge in [0.2, 0.25) is 0 Å². The van der Waals surface area contributed by atoms with Crippen molar-refractivity contribution in [1.82, 2.24) is 19.9 Å². The molecule has 1 fully saturated rings. The van der Waals surface area contributed by atoms with Crippen LogP contribution in [0.4, 0.5) is 0 Å². The summed E-state index contributed by atoms with van der Waals surface area (Å²) < 4.78 is 7.38. The number of aromatic nitrogens is 2. The second-order valence-corrected chi connectivity index (χ2v) is 6.18. The molecule has 2 aromatic heterocycles. The van der Waals surface area contributed by atoms with Crippen LogP contribution in [0.5, 0.6) is 0 Å². The number of nitrogens with zero attached hydrogens (tertiary/aromatic N) is 4. The van der Waals surface area contributed by atoms with Crippen LogP contribution in [0, 0.1) is 0 Å². The number of imidazole rings is 1. The molecule has 0 bridgehead atoms. The van der Waals surface area contributed by atoms with Gasteiger partial charge in [-0.05, 0) is 36.4 Å². The first kappa shape index (κ1) is 16.1. The minimum atomic E-state index is 0.709. The normalized spacial score (nSPS) is 15.9. The Balaban J connectivity index is 1.64. The minimum Gasteiger partial charge on any atom is -0.379 e. The molecule has 7 heteroatoms. The molecule has 3 aromatic rings. The third-order valence-electron chi connectivity index (χ3n) is 4.08. The van der Waals surface area contributed by atoms with E-state index < -0.39 is 0 Å². The molecule has 4 rings (SSSR count). The highest BCUT2D eigenvalue weighted by atomic mass is 35.5. The molecular weight excluding hydrogens is 338 g/mol. The molecule has 0 saturated carbocycles. The fourth-order valence-corrected chi connectivity index (χ4v) is 2.92. The Kier molecular flexibility index (Phi) is 4.65. The zero-order valence-electron chi connectivity index (χ0n) is 13.6. The number of fused-ring (bicyclic) bond motifs is 1. The number of rotatable bonds is 4. The average molecular weight is 356 g/mol. The highest BCUT2D eigenvalue weighted by Gasteiger charge is 2.12. The maximum Gasteiger partial charge on any atom is 0.145 e. The van der Waals surface area contributed by atoms with Crippen molar-refractivity contribution in [1.29, 1.82) is 0 Å². The summed E-state index contributed by atoms with van der Waals surface area (Å²) in [6.07, 6.45) is 3.75. The molecule has 25 heavy (non-hydrogen) atoms. The van der Waals surface area contributed by atoms with Crippen molar-refractivity contribution in [2.75, 3.05) is 26.3 Å². The molecule has 1 saturated heterocycles. The lowest BCUT2D eigenvalue weighted by Gasteiger charge is -2.25. The molecule has 1 aromatic carbocycles. The lowest BCUT2D eigenvalue weighted by molar-refractivity contribution is 0.0128. The number of pyridine rings is 1. The molecular formula is C18H18ClN5O. The van der Waals surface area contributed by atoms with Crippen molar-refractivity contribution in [3.8, 4) is 11.4 Å². The van der Waals surface area contributed by atoms with Crippen LogP contribution in [0.15, 0.2) is 53.8 Å². The molecule has 0 aliphatic carbocycles. The van der Waals surface area contributed by atoms with Gasteiger partial charge in [-0.15, -0.1) is 0 Å². The van der Waals surface area contributed by atoms with Gasteiger partial charge in [-0.2, -0.15) is 5.10 Å². The zero-order chi connectivity index (χ0) is 17.1. The smallest absolute Gasteiger partial charge is 0.145 e. The number of hydrazine groups is 1. The molecule has 3 heterocycles. The van der Waals surface area contributed by atoms with E-state index in [0.29, 0.717) is 5.02 Å². The fourth-order valence-electron chi connectivity index (χ4n) is 2.79. The number of nitrogens with one attached hydrogen (secondary N) is 1. The predicted octanol–water partition coefficient (Wildman–Crippen LogP) is 2.83. The third kappa shape index (κ3) is 3.51. The molecule has 0 unspecified atom stereocenters. The van der Waals surface area contributed by atoms with Gasteiger partial charge in [-0.3, -0.25) is 4.40 Å². The van der Waals surface area contributed by atoms with Crippen molar-refractivity contribution in [2.24, 2.45) is 5.10 Å². The van der Waals surface area contributed by atoms with Crippen molar-refractivity contribution in [3.05, 3.63) is 59.4 Å². The van der Waals surface area contributed by atoms with E-state index in [1.54, 1.807) is 6.21 Å². The number of halogens is 1. The van der Waals surface area contributed by atoms with Gasteiger partial charge in [0.05, 0.1) is 24.9 Å². The van der Waals surface area contributed by atoms with E-state index in [0.717, 1.165) is 48.9 Å². The molecule has 6 nitrogen and oxygen atoms in total. The zero-order valence-corrected chi connectivity index (χ0v) is 14.4. The maximum atomic E-state index is 5.99. The molecule has 0 radical (unpaired) electrons. The van der Waals surface area contributed by atoms with E-state index in [-0.39, 0.29) is 0 Å². The van der Waals surface area contributed by atoms with Crippen LogP contribution >= 0.6 is 11.6 Å². The number of hydrogen-bond acceptors (Lipinski definition) is 5. The van der Waals surface area contributed by atoms with Gasteiger partial charge in [0.25, 0.3) is 0 Å². The van der Waals surface area contributed by atoms with Gasteiger partial charge in [0.15, 0.2) is 0 Å². The summed E-state index contributed by atoms with van der Waals surface area (Å²) in [6, 6.07) is 13.7.